The summed E-state index contributed by atoms with van der Waals surface area (Å²) in [7, 11) is -3.49. The fraction of sp³-hybridized carbons (Fsp3) is 0.462. The van der Waals surface area contributed by atoms with Crippen LogP contribution in [0.15, 0.2) is 29.2 Å². The highest BCUT2D eigenvalue weighted by atomic mass is 32.2. The van der Waals surface area contributed by atoms with Crippen LogP contribution in [0.4, 0.5) is 0 Å². The molecule has 0 amide bonds. The van der Waals surface area contributed by atoms with Crippen LogP contribution in [0.3, 0.4) is 0 Å². The molecule has 1 aromatic rings. The predicted molar refractivity (Wildman–Crippen MR) is 70.0 cm³/mol. The van der Waals surface area contributed by atoms with Crippen LogP contribution in [0.5, 0.6) is 0 Å². The van der Waals surface area contributed by atoms with Gasteiger partial charge in [-0.05, 0) is 25.0 Å². The molecule has 104 valence electrons. The van der Waals surface area contributed by atoms with Gasteiger partial charge in [-0.2, -0.15) is 0 Å². The number of rotatable bonds is 4. The Labute approximate surface area is 113 Å². The number of benzene rings is 1. The molecule has 2 unspecified atom stereocenters. The third-order valence-electron chi connectivity index (χ3n) is 3.16. The van der Waals surface area contributed by atoms with Gasteiger partial charge in [-0.3, -0.25) is 4.79 Å². The van der Waals surface area contributed by atoms with Gasteiger partial charge in [0.2, 0.25) is 10.0 Å². The summed E-state index contributed by atoms with van der Waals surface area (Å²) in [6.45, 7) is 3.73. The molecule has 0 bridgehead atoms. The second kappa shape index (κ2) is 5.30. The maximum Gasteiger partial charge on any atom is 0.308 e. The van der Waals surface area contributed by atoms with E-state index in [-0.39, 0.29) is 17.4 Å². The van der Waals surface area contributed by atoms with Gasteiger partial charge in [0.05, 0.1) is 23.5 Å². The number of hydrogen-bond acceptors (Lipinski definition) is 4. The monoisotopic (exact) mass is 283 g/mol. The smallest absolute Gasteiger partial charge is 0.308 e. The first-order valence-electron chi connectivity index (χ1n) is 6.24. The summed E-state index contributed by atoms with van der Waals surface area (Å²) in [5.41, 5.74) is 0.628. The number of fused-ring (bicyclic) bond motifs is 1. The predicted octanol–water partition coefficient (Wildman–Crippen LogP) is 1.75. The number of esters is 1. The molecule has 5 nitrogen and oxygen atoms in total. The number of carbonyl (C=O) groups excluding carboxylic acids is 1. The Hall–Kier alpha value is -1.40. The SMILES string of the molecule is CCC(C)OC(=O)CC1NS(=O)(=O)c2ccccc21. The lowest BCUT2D eigenvalue weighted by molar-refractivity contribution is -0.148. The fourth-order valence-corrected chi connectivity index (χ4v) is 3.49. The highest BCUT2D eigenvalue weighted by Crippen LogP contribution is 2.32. The zero-order valence-corrected chi connectivity index (χ0v) is 11.7. The van der Waals surface area contributed by atoms with Crippen LogP contribution in [0.2, 0.25) is 0 Å². The van der Waals surface area contributed by atoms with Crippen molar-refractivity contribution >= 4 is 16.0 Å². The molecule has 19 heavy (non-hydrogen) atoms. The van der Waals surface area contributed by atoms with E-state index < -0.39 is 22.0 Å². The molecule has 6 heteroatoms. The normalized spacial score (nSPS) is 21.7. The Balaban J connectivity index is 2.14. The molecule has 2 rings (SSSR count). The van der Waals surface area contributed by atoms with Gasteiger partial charge in [-0.25, -0.2) is 13.1 Å². The number of ether oxygens (including phenoxy) is 1. The van der Waals surface area contributed by atoms with Crippen LogP contribution in [0.1, 0.15) is 38.3 Å². The largest absolute Gasteiger partial charge is 0.463 e. The highest BCUT2D eigenvalue weighted by Gasteiger charge is 2.35. The third kappa shape index (κ3) is 2.96. The van der Waals surface area contributed by atoms with Gasteiger partial charge >= 0.3 is 5.97 Å². The lowest BCUT2D eigenvalue weighted by Crippen LogP contribution is -2.24. The van der Waals surface area contributed by atoms with E-state index in [1.807, 2.05) is 13.8 Å². The summed E-state index contributed by atoms with van der Waals surface area (Å²) in [4.78, 5) is 12.0. The molecule has 1 aromatic carbocycles. The van der Waals surface area contributed by atoms with Crippen LogP contribution in [-0.2, 0) is 19.6 Å². The summed E-state index contributed by atoms with van der Waals surface area (Å²) in [5.74, 6) is -0.390. The molecule has 1 heterocycles. The van der Waals surface area contributed by atoms with Crippen LogP contribution >= 0.6 is 0 Å². The van der Waals surface area contributed by atoms with E-state index in [0.29, 0.717) is 5.56 Å². The van der Waals surface area contributed by atoms with E-state index in [0.717, 1.165) is 6.42 Å². The Kier molecular flexibility index (Phi) is 3.91. The fourth-order valence-electron chi connectivity index (χ4n) is 2.00. The van der Waals surface area contributed by atoms with Gasteiger partial charge in [-0.15, -0.1) is 0 Å². The summed E-state index contributed by atoms with van der Waals surface area (Å²) in [5, 5.41) is 0. The first-order chi connectivity index (χ1) is 8.94. The molecule has 0 saturated carbocycles. The van der Waals surface area contributed by atoms with E-state index >= 15 is 0 Å². The molecular weight excluding hydrogens is 266 g/mol. The van der Waals surface area contributed by atoms with E-state index in [4.69, 9.17) is 4.74 Å². The van der Waals surface area contributed by atoms with Crippen molar-refractivity contribution in [3.8, 4) is 0 Å². The topological polar surface area (TPSA) is 72.5 Å². The minimum Gasteiger partial charge on any atom is -0.463 e. The number of sulfonamides is 1. The Bertz CT molecular complexity index is 582. The molecule has 0 fully saturated rings. The van der Waals surface area contributed by atoms with Crippen molar-refractivity contribution in [2.75, 3.05) is 0 Å². The van der Waals surface area contributed by atoms with Crippen molar-refractivity contribution < 1.29 is 17.9 Å². The van der Waals surface area contributed by atoms with E-state index in [1.165, 1.54) is 6.07 Å². The zero-order chi connectivity index (χ0) is 14.0. The first-order valence-corrected chi connectivity index (χ1v) is 7.73. The maximum absolute atomic E-state index is 11.9. The second-order valence-corrected chi connectivity index (χ2v) is 6.31. The molecule has 0 saturated heterocycles. The van der Waals surface area contributed by atoms with Gasteiger partial charge < -0.3 is 4.74 Å². The van der Waals surface area contributed by atoms with Gasteiger partial charge in [0.15, 0.2) is 0 Å². The molecule has 0 aliphatic carbocycles. The van der Waals surface area contributed by atoms with Gasteiger partial charge in [-0.1, -0.05) is 25.1 Å². The lowest BCUT2D eigenvalue weighted by Gasteiger charge is -2.13. The zero-order valence-electron chi connectivity index (χ0n) is 10.9. The minimum atomic E-state index is -3.49. The number of hydrogen-bond donors (Lipinski definition) is 1. The van der Waals surface area contributed by atoms with Crippen LogP contribution < -0.4 is 4.72 Å². The third-order valence-corrected chi connectivity index (χ3v) is 4.71. The Morgan fingerprint density at radius 2 is 2.11 bits per heavy atom. The average molecular weight is 283 g/mol. The van der Waals surface area contributed by atoms with Crippen molar-refractivity contribution in [2.45, 2.75) is 43.7 Å². The summed E-state index contributed by atoms with van der Waals surface area (Å²) in [6.07, 6.45) is 0.597. The van der Waals surface area contributed by atoms with Crippen molar-refractivity contribution in [1.82, 2.24) is 4.72 Å². The number of carbonyl (C=O) groups is 1. The van der Waals surface area contributed by atoms with Crippen molar-refractivity contribution in [2.24, 2.45) is 0 Å². The van der Waals surface area contributed by atoms with E-state index in [9.17, 15) is 13.2 Å². The first kappa shape index (κ1) is 14.0. The average Bonchev–Trinajstić information content (AvgIpc) is 2.61. The molecule has 0 radical (unpaired) electrons. The van der Waals surface area contributed by atoms with Gasteiger partial charge in [0.25, 0.3) is 0 Å². The molecule has 1 aliphatic rings. The minimum absolute atomic E-state index is 0.0145. The van der Waals surface area contributed by atoms with Gasteiger partial charge in [0.1, 0.15) is 0 Å². The summed E-state index contributed by atoms with van der Waals surface area (Å²) >= 11 is 0. The Morgan fingerprint density at radius 1 is 1.42 bits per heavy atom. The molecular formula is C13H17NO4S. The Morgan fingerprint density at radius 3 is 2.79 bits per heavy atom. The molecule has 0 spiro atoms. The van der Waals surface area contributed by atoms with Crippen LogP contribution in [0, 0.1) is 0 Å². The highest BCUT2D eigenvalue weighted by molar-refractivity contribution is 7.89. The quantitative estimate of drug-likeness (QED) is 0.854. The van der Waals surface area contributed by atoms with Crippen molar-refractivity contribution in [1.29, 1.82) is 0 Å². The number of nitrogens with one attached hydrogen (secondary N) is 1. The molecule has 1 aliphatic heterocycles. The molecule has 1 N–H and O–H groups in total. The standard InChI is InChI=1S/C13H17NO4S/c1-3-9(2)18-13(15)8-11-10-6-4-5-7-12(10)19(16,17)14-11/h4-7,9,11,14H,3,8H2,1-2H3. The lowest BCUT2D eigenvalue weighted by atomic mass is 10.1. The molecule has 2 atom stereocenters. The summed E-state index contributed by atoms with van der Waals surface area (Å²) < 4.78 is 31.4. The van der Waals surface area contributed by atoms with Crippen molar-refractivity contribution in [3.05, 3.63) is 29.8 Å². The summed E-state index contributed by atoms with van der Waals surface area (Å²) in [6, 6.07) is 6.15. The van der Waals surface area contributed by atoms with E-state index in [1.54, 1.807) is 18.2 Å². The van der Waals surface area contributed by atoms with Crippen LogP contribution in [-0.4, -0.2) is 20.5 Å². The second-order valence-electron chi connectivity index (χ2n) is 4.62. The maximum atomic E-state index is 11.9. The van der Waals surface area contributed by atoms with E-state index in [2.05, 4.69) is 4.72 Å². The van der Waals surface area contributed by atoms with Crippen molar-refractivity contribution in [3.63, 3.8) is 0 Å². The molecule has 0 aromatic heterocycles. The van der Waals surface area contributed by atoms with Crippen LogP contribution in [0.25, 0.3) is 0 Å². The van der Waals surface area contributed by atoms with Gasteiger partial charge in [0, 0.05) is 0 Å².